The van der Waals surface area contributed by atoms with Crippen molar-refractivity contribution in [1.82, 2.24) is 16.0 Å². The zero-order valence-corrected chi connectivity index (χ0v) is 15.9. The second-order valence-corrected chi connectivity index (χ2v) is 6.78. The lowest BCUT2D eigenvalue weighted by molar-refractivity contribution is -0.143. The Bertz CT molecular complexity index is 578. The van der Waals surface area contributed by atoms with Crippen molar-refractivity contribution >= 4 is 29.6 Å². The molecule has 0 aliphatic carbocycles. The predicted octanol–water partition coefficient (Wildman–Crippen LogP) is -2.19. The van der Waals surface area contributed by atoms with Gasteiger partial charge in [-0.1, -0.05) is 13.8 Å². The number of amides is 4. The second-order valence-electron chi connectivity index (χ2n) is 6.78. The van der Waals surface area contributed by atoms with E-state index in [1.54, 1.807) is 13.8 Å². The molecule has 4 unspecified atom stereocenters. The lowest BCUT2D eigenvalue weighted by Gasteiger charge is -2.23. The highest BCUT2D eigenvalue weighted by atomic mass is 16.4. The van der Waals surface area contributed by atoms with Crippen LogP contribution in [0.5, 0.6) is 0 Å². The van der Waals surface area contributed by atoms with E-state index in [2.05, 4.69) is 16.0 Å². The number of nitrogens with one attached hydrogen (secondary N) is 3. The summed E-state index contributed by atoms with van der Waals surface area (Å²) in [5, 5.41) is 16.1. The third kappa shape index (κ3) is 9.54. The molecule has 0 rings (SSSR count). The minimum absolute atomic E-state index is 0.0101. The monoisotopic (exact) mass is 387 g/mol. The van der Waals surface area contributed by atoms with Gasteiger partial charge in [0, 0.05) is 0 Å². The first kappa shape index (κ1) is 24.3. The van der Waals surface area contributed by atoms with Crippen molar-refractivity contribution in [2.75, 3.05) is 0 Å². The van der Waals surface area contributed by atoms with Gasteiger partial charge >= 0.3 is 5.97 Å². The quantitative estimate of drug-likeness (QED) is 0.232. The molecule has 0 aromatic heterocycles. The molecule has 0 saturated carbocycles. The molecule has 0 aromatic rings. The van der Waals surface area contributed by atoms with Crippen LogP contribution in [0.4, 0.5) is 0 Å². The van der Waals surface area contributed by atoms with Crippen LogP contribution in [0.15, 0.2) is 0 Å². The van der Waals surface area contributed by atoms with Gasteiger partial charge in [0.05, 0.1) is 12.5 Å². The SMILES string of the molecule is CC(C)CC(NC(=O)C(CC(N)=O)NC(=O)C(C)NC(=O)C(C)N)C(=O)O. The van der Waals surface area contributed by atoms with Gasteiger partial charge in [-0.05, 0) is 26.2 Å². The zero-order chi connectivity index (χ0) is 21.3. The van der Waals surface area contributed by atoms with E-state index in [0.29, 0.717) is 0 Å². The second kappa shape index (κ2) is 11.1. The van der Waals surface area contributed by atoms with E-state index < -0.39 is 60.2 Å². The number of rotatable bonds is 11. The van der Waals surface area contributed by atoms with Crippen LogP contribution in [-0.4, -0.2) is 58.9 Å². The van der Waals surface area contributed by atoms with Gasteiger partial charge in [0.2, 0.25) is 23.6 Å². The molecule has 0 aromatic carbocycles. The molecular formula is C16H29N5O6. The van der Waals surface area contributed by atoms with Crippen LogP contribution in [-0.2, 0) is 24.0 Å². The van der Waals surface area contributed by atoms with Gasteiger partial charge in [-0.2, -0.15) is 0 Å². The Kier molecular flexibility index (Phi) is 10.0. The summed E-state index contributed by atoms with van der Waals surface area (Å²) in [5.41, 5.74) is 10.5. The van der Waals surface area contributed by atoms with E-state index >= 15 is 0 Å². The van der Waals surface area contributed by atoms with Crippen LogP contribution >= 0.6 is 0 Å². The summed E-state index contributed by atoms with van der Waals surface area (Å²) in [4.78, 5) is 58.6. The number of carbonyl (C=O) groups excluding carboxylic acids is 4. The van der Waals surface area contributed by atoms with Crippen LogP contribution in [0.25, 0.3) is 0 Å². The topological polar surface area (TPSA) is 194 Å². The first-order valence-corrected chi connectivity index (χ1v) is 8.52. The highest BCUT2D eigenvalue weighted by Crippen LogP contribution is 2.06. The van der Waals surface area contributed by atoms with Gasteiger partial charge in [-0.25, -0.2) is 4.79 Å². The van der Waals surface area contributed by atoms with Gasteiger partial charge < -0.3 is 32.5 Å². The number of carboxylic acid groups (broad SMARTS) is 1. The smallest absolute Gasteiger partial charge is 0.326 e. The van der Waals surface area contributed by atoms with Gasteiger partial charge in [0.25, 0.3) is 0 Å². The predicted molar refractivity (Wildman–Crippen MR) is 96.0 cm³/mol. The summed E-state index contributed by atoms with van der Waals surface area (Å²) >= 11 is 0. The first-order valence-electron chi connectivity index (χ1n) is 8.52. The fourth-order valence-corrected chi connectivity index (χ4v) is 2.08. The van der Waals surface area contributed by atoms with Gasteiger partial charge in [0.1, 0.15) is 18.1 Å². The van der Waals surface area contributed by atoms with Crippen molar-refractivity contribution in [1.29, 1.82) is 0 Å². The summed E-state index contributed by atoms with van der Waals surface area (Å²) in [6.07, 6.45) is -0.362. The molecule has 4 atom stereocenters. The fourth-order valence-electron chi connectivity index (χ4n) is 2.08. The molecule has 11 nitrogen and oxygen atoms in total. The number of nitrogens with two attached hydrogens (primary N) is 2. The molecule has 0 bridgehead atoms. The normalized spacial score (nSPS) is 15.2. The molecule has 0 saturated heterocycles. The van der Waals surface area contributed by atoms with E-state index in [9.17, 15) is 29.1 Å². The molecule has 0 radical (unpaired) electrons. The van der Waals surface area contributed by atoms with Crippen molar-refractivity contribution < 1.29 is 29.1 Å². The average Bonchev–Trinajstić information content (AvgIpc) is 2.51. The van der Waals surface area contributed by atoms with Crippen molar-refractivity contribution in [3.8, 4) is 0 Å². The lowest BCUT2D eigenvalue weighted by atomic mass is 10.0. The highest BCUT2D eigenvalue weighted by molar-refractivity contribution is 5.95. The van der Waals surface area contributed by atoms with E-state index in [1.165, 1.54) is 13.8 Å². The first-order chi connectivity index (χ1) is 12.3. The van der Waals surface area contributed by atoms with E-state index in [4.69, 9.17) is 11.5 Å². The van der Waals surface area contributed by atoms with Gasteiger partial charge in [0.15, 0.2) is 0 Å². The van der Waals surface area contributed by atoms with E-state index in [1.807, 2.05) is 0 Å². The summed E-state index contributed by atoms with van der Waals surface area (Å²) in [5.74, 6) is -4.29. The maximum absolute atomic E-state index is 12.4. The summed E-state index contributed by atoms with van der Waals surface area (Å²) < 4.78 is 0. The van der Waals surface area contributed by atoms with Crippen molar-refractivity contribution in [2.24, 2.45) is 17.4 Å². The van der Waals surface area contributed by atoms with Gasteiger partial charge in [-0.3, -0.25) is 19.2 Å². The standard InChI is InChI=1S/C16H29N5O6/c1-7(2)5-11(16(26)27)21-15(25)10(6-12(18)22)20-14(24)9(4)19-13(23)8(3)17/h7-11H,5-6,17H2,1-4H3,(H2,18,22)(H,19,23)(H,20,24)(H,21,25)(H,26,27). The maximum Gasteiger partial charge on any atom is 0.326 e. The number of primary amides is 1. The Morgan fingerprint density at radius 3 is 1.78 bits per heavy atom. The third-order valence-corrected chi connectivity index (χ3v) is 3.53. The lowest BCUT2D eigenvalue weighted by Crippen LogP contribution is -2.57. The molecule has 27 heavy (non-hydrogen) atoms. The minimum atomic E-state index is -1.38. The number of carbonyl (C=O) groups is 5. The fraction of sp³-hybridized carbons (Fsp3) is 0.688. The summed E-state index contributed by atoms with van der Waals surface area (Å²) in [6.45, 7) is 6.37. The number of hydrogen-bond acceptors (Lipinski definition) is 6. The Balaban J connectivity index is 5.11. The van der Waals surface area contributed by atoms with Crippen LogP contribution in [0.3, 0.4) is 0 Å². The molecule has 0 heterocycles. The van der Waals surface area contributed by atoms with Crippen LogP contribution in [0.2, 0.25) is 0 Å². The minimum Gasteiger partial charge on any atom is -0.480 e. The number of aliphatic carboxylic acids is 1. The van der Waals surface area contributed by atoms with Crippen LogP contribution in [0.1, 0.15) is 40.5 Å². The molecule has 0 spiro atoms. The Morgan fingerprint density at radius 1 is 0.852 bits per heavy atom. The highest BCUT2D eigenvalue weighted by Gasteiger charge is 2.29. The maximum atomic E-state index is 12.4. The molecule has 8 N–H and O–H groups in total. The van der Waals surface area contributed by atoms with Crippen molar-refractivity contribution in [3.05, 3.63) is 0 Å². The Hall–Kier alpha value is -2.69. The Labute approximate surface area is 157 Å². The van der Waals surface area contributed by atoms with E-state index in [-0.39, 0.29) is 12.3 Å². The van der Waals surface area contributed by atoms with E-state index in [0.717, 1.165) is 0 Å². The molecule has 0 aliphatic heterocycles. The van der Waals surface area contributed by atoms with Crippen LogP contribution in [0, 0.1) is 5.92 Å². The van der Waals surface area contributed by atoms with Crippen LogP contribution < -0.4 is 27.4 Å². The molecule has 0 aliphatic rings. The molecule has 4 amide bonds. The zero-order valence-electron chi connectivity index (χ0n) is 15.9. The number of carboxylic acids is 1. The van der Waals surface area contributed by atoms with Crippen molar-refractivity contribution in [2.45, 2.75) is 64.7 Å². The summed E-state index contributed by atoms with van der Waals surface area (Å²) in [7, 11) is 0. The molecule has 0 fully saturated rings. The largest absolute Gasteiger partial charge is 0.480 e. The average molecular weight is 387 g/mol. The molecule has 154 valence electrons. The van der Waals surface area contributed by atoms with Crippen molar-refractivity contribution in [3.63, 3.8) is 0 Å². The number of hydrogen-bond donors (Lipinski definition) is 6. The molecular weight excluding hydrogens is 358 g/mol. The third-order valence-electron chi connectivity index (χ3n) is 3.53. The summed E-state index contributed by atoms with van der Waals surface area (Å²) in [6, 6.07) is -4.42. The van der Waals surface area contributed by atoms with Gasteiger partial charge in [-0.15, -0.1) is 0 Å². The Morgan fingerprint density at radius 2 is 1.37 bits per heavy atom. The molecule has 11 heteroatoms.